The molecular formula is C13H21N2O. The summed E-state index contributed by atoms with van der Waals surface area (Å²) in [5.74, 6) is 0. The van der Waals surface area contributed by atoms with Crippen LogP contribution in [0.25, 0.3) is 0 Å². The molecule has 0 amide bonds. The molecule has 16 heavy (non-hydrogen) atoms. The molecule has 89 valence electrons. The molecule has 0 aromatic carbocycles. The lowest BCUT2D eigenvalue weighted by Crippen LogP contribution is -2.01. The molecule has 0 saturated carbocycles. The van der Waals surface area contributed by atoms with Crippen molar-refractivity contribution in [2.75, 3.05) is 19.8 Å². The summed E-state index contributed by atoms with van der Waals surface area (Å²) < 4.78 is 5.53. The summed E-state index contributed by atoms with van der Waals surface area (Å²) in [6.45, 7) is 2.15. The zero-order valence-corrected chi connectivity index (χ0v) is 9.82. The van der Waals surface area contributed by atoms with Crippen molar-refractivity contribution in [1.29, 1.82) is 0 Å². The van der Waals surface area contributed by atoms with Gasteiger partial charge in [-0.1, -0.05) is 18.9 Å². The van der Waals surface area contributed by atoms with E-state index in [2.05, 4.69) is 4.98 Å². The van der Waals surface area contributed by atoms with E-state index in [0.29, 0.717) is 6.54 Å². The molecule has 0 saturated heterocycles. The quantitative estimate of drug-likeness (QED) is 0.601. The number of unbranched alkanes of at least 4 members (excludes halogenated alkanes) is 3. The minimum atomic E-state index is 0.556. The van der Waals surface area contributed by atoms with Crippen LogP contribution in [0, 0.1) is 0 Å². The van der Waals surface area contributed by atoms with Crippen LogP contribution < -0.4 is 5.73 Å². The Morgan fingerprint density at radius 2 is 1.94 bits per heavy atom. The summed E-state index contributed by atoms with van der Waals surface area (Å²) in [5.41, 5.74) is 8.10. The summed E-state index contributed by atoms with van der Waals surface area (Å²) in [5, 5.41) is 0. The molecule has 0 atom stereocenters. The monoisotopic (exact) mass is 221 g/mol. The molecule has 0 aliphatic heterocycles. The van der Waals surface area contributed by atoms with Gasteiger partial charge in [0.05, 0.1) is 6.61 Å². The van der Waals surface area contributed by atoms with Crippen LogP contribution in [0.2, 0.25) is 0 Å². The Labute approximate surface area is 98.0 Å². The highest BCUT2D eigenvalue weighted by Crippen LogP contribution is 2.00. The van der Waals surface area contributed by atoms with Gasteiger partial charge in [0.1, 0.15) is 0 Å². The van der Waals surface area contributed by atoms with Crippen molar-refractivity contribution in [1.82, 2.24) is 10.7 Å². The average molecular weight is 221 g/mol. The molecule has 0 spiro atoms. The van der Waals surface area contributed by atoms with E-state index >= 15 is 0 Å². The van der Waals surface area contributed by atoms with Crippen LogP contribution in [0.3, 0.4) is 0 Å². The van der Waals surface area contributed by atoms with Crippen molar-refractivity contribution < 1.29 is 4.74 Å². The van der Waals surface area contributed by atoms with Crippen LogP contribution >= 0.6 is 0 Å². The lowest BCUT2D eigenvalue weighted by atomic mass is 10.2. The molecular weight excluding hydrogens is 200 g/mol. The first-order valence-corrected chi connectivity index (χ1v) is 6.05. The third-order valence-electron chi connectivity index (χ3n) is 2.44. The second-order valence-corrected chi connectivity index (χ2v) is 3.85. The highest BCUT2D eigenvalue weighted by atomic mass is 16.5. The minimum absolute atomic E-state index is 0.556. The Bertz CT molecular complexity index is 251. The van der Waals surface area contributed by atoms with E-state index in [1.807, 2.05) is 24.4 Å². The number of nitrogens with zero attached hydrogens (tertiary/aromatic N) is 1. The first-order chi connectivity index (χ1) is 7.93. The zero-order chi connectivity index (χ0) is 11.5. The Hall–Kier alpha value is -0.930. The Morgan fingerprint density at radius 1 is 1.06 bits per heavy atom. The molecule has 1 radical (unpaired) electrons. The fraction of sp³-hybridized carbons (Fsp3) is 0.615. The van der Waals surface area contributed by atoms with Gasteiger partial charge in [-0.2, -0.15) is 0 Å². The first-order valence-electron chi connectivity index (χ1n) is 6.05. The number of pyridine rings is 1. The molecule has 1 aromatic rings. The van der Waals surface area contributed by atoms with Gasteiger partial charge in [-0.15, -0.1) is 0 Å². The largest absolute Gasteiger partial charge is 0.381 e. The second kappa shape index (κ2) is 9.31. The topological polar surface area (TPSA) is 45.9 Å². The van der Waals surface area contributed by atoms with Crippen LogP contribution in [0.5, 0.6) is 0 Å². The van der Waals surface area contributed by atoms with Crippen LogP contribution in [-0.2, 0) is 11.2 Å². The van der Waals surface area contributed by atoms with Crippen molar-refractivity contribution in [2.24, 2.45) is 0 Å². The average Bonchev–Trinajstić information content (AvgIpc) is 2.34. The lowest BCUT2D eigenvalue weighted by Gasteiger charge is -2.03. The fourth-order valence-corrected chi connectivity index (χ4v) is 1.51. The first kappa shape index (κ1) is 13.1. The second-order valence-electron chi connectivity index (χ2n) is 3.85. The molecule has 3 heteroatoms. The van der Waals surface area contributed by atoms with E-state index in [1.165, 1.54) is 6.42 Å². The van der Waals surface area contributed by atoms with Crippen molar-refractivity contribution in [3.05, 3.63) is 30.1 Å². The minimum Gasteiger partial charge on any atom is -0.381 e. The van der Waals surface area contributed by atoms with E-state index in [0.717, 1.165) is 44.6 Å². The molecule has 0 unspecified atom stereocenters. The maximum absolute atomic E-state index is 7.01. The van der Waals surface area contributed by atoms with Gasteiger partial charge in [0.15, 0.2) is 0 Å². The van der Waals surface area contributed by atoms with Crippen molar-refractivity contribution >= 4 is 0 Å². The van der Waals surface area contributed by atoms with Crippen LogP contribution in [0.15, 0.2) is 24.4 Å². The molecule has 0 aliphatic carbocycles. The summed E-state index contributed by atoms with van der Waals surface area (Å²) in [6, 6.07) is 5.96. The van der Waals surface area contributed by atoms with Gasteiger partial charge in [0.25, 0.3) is 0 Å². The lowest BCUT2D eigenvalue weighted by molar-refractivity contribution is 0.132. The van der Waals surface area contributed by atoms with Crippen molar-refractivity contribution in [3.63, 3.8) is 0 Å². The number of hydrogen-bond donors (Lipinski definition) is 0. The SMILES string of the molecule is [NH]CCCCCCOCCc1ccccn1. The molecule has 1 aromatic heterocycles. The van der Waals surface area contributed by atoms with E-state index < -0.39 is 0 Å². The van der Waals surface area contributed by atoms with Crippen LogP contribution in [0.4, 0.5) is 0 Å². The van der Waals surface area contributed by atoms with Gasteiger partial charge in [0.2, 0.25) is 0 Å². The molecule has 1 rings (SSSR count). The molecule has 0 bridgehead atoms. The third-order valence-corrected chi connectivity index (χ3v) is 2.44. The maximum atomic E-state index is 7.01. The zero-order valence-electron chi connectivity index (χ0n) is 9.82. The number of aromatic nitrogens is 1. The normalized spacial score (nSPS) is 10.6. The van der Waals surface area contributed by atoms with Crippen LogP contribution in [0.1, 0.15) is 31.4 Å². The summed E-state index contributed by atoms with van der Waals surface area (Å²) >= 11 is 0. The maximum Gasteiger partial charge on any atom is 0.0521 e. The molecule has 3 nitrogen and oxygen atoms in total. The highest BCUT2D eigenvalue weighted by molar-refractivity contribution is 5.03. The predicted molar refractivity (Wildman–Crippen MR) is 65.2 cm³/mol. The van der Waals surface area contributed by atoms with Gasteiger partial charge >= 0.3 is 0 Å². The van der Waals surface area contributed by atoms with Gasteiger partial charge in [0, 0.05) is 31.5 Å². The summed E-state index contributed by atoms with van der Waals surface area (Å²) in [6.07, 6.45) is 7.19. The third kappa shape index (κ3) is 6.53. The molecule has 1 N–H and O–H groups in total. The van der Waals surface area contributed by atoms with Gasteiger partial charge in [-0.3, -0.25) is 10.7 Å². The van der Waals surface area contributed by atoms with Crippen LogP contribution in [-0.4, -0.2) is 24.7 Å². The van der Waals surface area contributed by atoms with E-state index in [1.54, 1.807) is 0 Å². The van der Waals surface area contributed by atoms with Gasteiger partial charge < -0.3 is 4.74 Å². The molecule has 0 aliphatic rings. The number of hydrogen-bond acceptors (Lipinski definition) is 2. The van der Waals surface area contributed by atoms with E-state index in [4.69, 9.17) is 10.5 Å². The smallest absolute Gasteiger partial charge is 0.0521 e. The standard InChI is InChI=1S/C13H21N2O/c14-9-4-1-2-6-11-16-12-8-13-7-3-5-10-15-13/h3,5,7,10,14H,1-2,4,6,8-9,11-12H2. The summed E-state index contributed by atoms with van der Waals surface area (Å²) in [7, 11) is 0. The highest BCUT2D eigenvalue weighted by Gasteiger charge is 1.94. The molecule has 1 heterocycles. The van der Waals surface area contributed by atoms with E-state index in [-0.39, 0.29) is 0 Å². The van der Waals surface area contributed by atoms with Crippen molar-refractivity contribution in [3.8, 4) is 0 Å². The number of nitrogens with one attached hydrogen (secondary N) is 1. The Balaban J connectivity index is 1.89. The number of ether oxygens (including phenoxy) is 1. The molecule has 0 fully saturated rings. The Kier molecular flexibility index (Phi) is 7.64. The van der Waals surface area contributed by atoms with Gasteiger partial charge in [-0.25, -0.2) is 0 Å². The van der Waals surface area contributed by atoms with Gasteiger partial charge in [-0.05, 0) is 25.0 Å². The number of rotatable bonds is 9. The Morgan fingerprint density at radius 3 is 2.69 bits per heavy atom. The fourth-order valence-electron chi connectivity index (χ4n) is 1.51. The summed E-state index contributed by atoms with van der Waals surface area (Å²) in [4.78, 5) is 4.24. The van der Waals surface area contributed by atoms with Crippen molar-refractivity contribution in [2.45, 2.75) is 32.1 Å². The van der Waals surface area contributed by atoms with E-state index in [9.17, 15) is 0 Å². The predicted octanol–water partition coefficient (Wildman–Crippen LogP) is 2.48.